The average Bonchev–Trinajstić information content (AvgIpc) is 2.29. The molecule has 4 nitrogen and oxygen atoms in total. The lowest BCUT2D eigenvalue weighted by atomic mass is 10.0. The zero-order valence-electron chi connectivity index (χ0n) is 11.5. The van der Waals surface area contributed by atoms with Gasteiger partial charge in [0.25, 0.3) is 0 Å². The summed E-state index contributed by atoms with van der Waals surface area (Å²) in [5, 5.41) is 6.64. The molecular formula is C13H24N4. The fourth-order valence-electron chi connectivity index (χ4n) is 1.75. The minimum Gasteiger partial charge on any atom is -0.367 e. The van der Waals surface area contributed by atoms with E-state index in [0.29, 0.717) is 17.9 Å². The van der Waals surface area contributed by atoms with E-state index in [1.54, 1.807) is 0 Å². The number of aryl methyl sites for hydroxylation is 1. The maximum Gasteiger partial charge on any atom is 0.224 e. The Kier molecular flexibility index (Phi) is 5.19. The molecule has 17 heavy (non-hydrogen) atoms. The van der Waals surface area contributed by atoms with Crippen LogP contribution in [0.3, 0.4) is 0 Å². The lowest BCUT2D eigenvalue weighted by molar-refractivity contribution is 0.509. The Morgan fingerprint density at radius 2 is 2.00 bits per heavy atom. The van der Waals surface area contributed by atoms with Crippen molar-refractivity contribution in [1.82, 2.24) is 9.97 Å². The second-order valence-electron chi connectivity index (χ2n) is 4.66. The molecule has 0 spiro atoms. The molecular weight excluding hydrogens is 212 g/mol. The molecule has 0 bridgehead atoms. The van der Waals surface area contributed by atoms with Crippen LogP contribution < -0.4 is 10.6 Å². The lowest BCUT2D eigenvalue weighted by Crippen LogP contribution is -2.26. The van der Waals surface area contributed by atoms with Crippen LogP contribution in [0.25, 0.3) is 0 Å². The molecule has 0 aromatic carbocycles. The summed E-state index contributed by atoms with van der Waals surface area (Å²) in [6.07, 6.45) is 2.96. The number of nitrogens with one attached hydrogen (secondary N) is 2. The van der Waals surface area contributed by atoms with Crippen molar-refractivity contribution < 1.29 is 0 Å². The van der Waals surface area contributed by atoms with Crippen LogP contribution in [-0.4, -0.2) is 22.6 Å². The van der Waals surface area contributed by atoms with Gasteiger partial charge in [0.1, 0.15) is 5.82 Å². The van der Waals surface area contributed by atoms with Gasteiger partial charge < -0.3 is 10.6 Å². The molecule has 1 heterocycles. The second-order valence-corrected chi connectivity index (χ2v) is 4.66. The van der Waals surface area contributed by atoms with Gasteiger partial charge in [-0.05, 0) is 26.2 Å². The SMILES string of the molecule is CCNc1ncc(C)c(NC(CC)C(C)C)n1. The van der Waals surface area contributed by atoms with Crippen LogP contribution in [0, 0.1) is 12.8 Å². The molecule has 2 N–H and O–H groups in total. The van der Waals surface area contributed by atoms with E-state index in [-0.39, 0.29) is 0 Å². The van der Waals surface area contributed by atoms with Gasteiger partial charge in [-0.3, -0.25) is 0 Å². The smallest absolute Gasteiger partial charge is 0.224 e. The molecule has 1 aromatic heterocycles. The normalized spacial score (nSPS) is 12.6. The van der Waals surface area contributed by atoms with Crippen molar-refractivity contribution in [2.75, 3.05) is 17.2 Å². The van der Waals surface area contributed by atoms with Crippen LogP contribution >= 0.6 is 0 Å². The van der Waals surface area contributed by atoms with E-state index in [2.05, 4.69) is 41.4 Å². The summed E-state index contributed by atoms with van der Waals surface area (Å²) in [7, 11) is 0. The van der Waals surface area contributed by atoms with Crippen molar-refractivity contribution in [3.8, 4) is 0 Å². The molecule has 1 atom stereocenters. The Balaban J connectivity index is 2.84. The van der Waals surface area contributed by atoms with Crippen molar-refractivity contribution in [3.63, 3.8) is 0 Å². The summed E-state index contributed by atoms with van der Waals surface area (Å²) >= 11 is 0. The Hall–Kier alpha value is -1.32. The number of hydrogen-bond donors (Lipinski definition) is 2. The van der Waals surface area contributed by atoms with Gasteiger partial charge in [-0.1, -0.05) is 20.8 Å². The highest BCUT2D eigenvalue weighted by atomic mass is 15.1. The quantitative estimate of drug-likeness (QED) is 0.797. The summed E-state index contributed by atoms with van der Waals surface area (Å²) in [5.41, 5.74) is 1.09. The number of rotatable bonds is 6. The topological polar surface area (TPSA) is 49.8 Å². The van der Waals surface area contributed by atoms with E-state index in [0.717, 1.165) is 24.3 Å². The highest BCUT2D eigenvalue weighted by Crippen LogP contribution is 2.17. The van der Waals surface area contributed by atoms with Crippen LogP contribution in [0.5, 0.6) is 0 Å². The minimum absolute atomic E-state index is 0.457. The van der Waals surface area contributed by atoms with E-state index >= 15 is 0 Å². The van der Waals surface area contributed by atoms with Gasteiger partial charge in [0.15, 0.2) is 0 Å². The van der Waals surface area contributed by atoms with Gasteiger partial charge in [-0.25, -0.2) is 4.98 Å². The molecule has 1 rings (SSSR count). The summed E-state index contributed by atoms with van der Waals surface area (Å²) in [5.74, 6) is 2.23. The van der Waals surface area contributed by atoms with E-state index in [4.69, 9.17) is 0 Å². The van der Waals surface area contributed by atoms with Gasteiger partial charge in [-0.2, -0.15) is 4.98 Å². The predicted octanol–water partition coefficient (Wildman–Crippen LogP) is 3.06. The predicted molar refractivity (Wildman–Crippen MR) is 73.5 cm³/mol. The van der Waals surface area contributed by atoms with Gasteiger partial charge in [0.05, 0.1) is 0 Å². The standard InChI is InChI=1S/C13H24N4/c1-6-11(9(3)4)16-12-10(5)8-15-13(17-12)14-7-2/h8-9,11H,6-7H2,1-5H3,(H2,14,15,16,17). The molecule has 0 radical (unpaired) electrons. The third-order valence-corrected chi connectivity index (χ3v) is 2.87. The van der Waals surface area contributed by atoms with Crippen LogP contribution in [0.2, 0.25) is 0 Å². The number of anilines is 2. The molecule has 1 unspecified atom stereocenters. The maximum absolute atomic E-state index is 4.50. The zero-order chi connectivity index (χ0) is 12.8. The van der Waals surface area contributed by atoms with Crippen LogP contribution in [0.15, 0.2) is 6.20 Å². The average molecular weight is 236 g/mol. The van der Waals surface area contributed by atoms with Crippen molar-refractivity contribution in [1.29, 1.82) is 0 Å². The van der Waals surface area contributed by atoms with Crippen molar-refractivity contribution in [2.24, 2.45) is 5.92 Å². The molecule has 4 heteroatoms. The molecule has 0 saturated carbocycles. The van der Waals surface area contributed by atoms with E-state index in [1.165, 1.54) is 0 Å². The molecule has 0 aliphatic heterocycles. The largest absolute Gasteiger partial charge is 0.367 e. The van der Waals surface area contributed by atoms with E-state index < -0.39 is 0 Å². The Morgan fingerprint density at radius 3 is 2.53 bits per heavy atom. The maximum atomic E-state index is 4.50. The first-order valence-electron chi connectivity index (χ1n) is 6.42. The lowest BCUT2D eigenvalue weighted by Gasteiger charge is -2.22. The van der Waals surface area contributed by atoms with Crippen LogP contribution in [0.1, 0.15) is 39.7 Å². The molecule has 0 amide bonds. The van der Waals surface area contributed by atoms with Gasteiger partial charge in [0.2, 0.25) is 5.95 Å². The highest BCUT2D eigenvalue weighted by Gasteiger charge is 2.13. The summed E-state index contributed by atoms with van der Waals surface area (Å²) in [4.78, 5) is 8.74. The first kappa shape index (κ1) is 13.7. The van der Waals surface area contributed by atoms with E-state index in [1.807, 2.05) is 20.0 Å². The monoisotopic (exact) mass is 236 g/mol. The van der Waals surface area contributed by atoms with Gasteiger partial charge in [-0.15, -0.1) is 0 Å². The van der Waals surface area contributed by atoms with Crippen molar-refractivity contribution in [3.05, 3.63) is 11.8 Å². The Bertz CT molecular complexity index is 349. The molecule has 1 aromatic rings. The first-order chi connectivity index (χ1) is 8.08. The van der Waals surface area contributed by atoms with Crippen LogP contribution in [0.4, 0.5) is 11.8 Å². The third kappa shape index (κ3) is 3.88. The third-order valence-electron chi connectivity index (χ3n) is 2.87. The Morgan fingerprint density at radius 1 is 1.29 bits per heavy atom. The number of aromatic nitrogens is 2. The summed E-state index contributed by atoms with van der Waals surface area (Å²) in [6.45, 7) is 11.6. The molecule has 0 saturated heterocycles. The minimum atomic E-state index is 0.457. The zero-order valence-corrected chi connectivity index (χ0v) is 11.5. The fraction of sp³-hybridized carbons (Fsp3) is 0.692. The number of hydrogen-bond acceptors (Lipinski definition) is 4. The van der Waals surface area contributed by atoms with Crippen molar-refractivity contribution in [2.45, 2.75) is 47.1 Å². The molecule has 96 valence electrons. The Labute approximate surface area is 104 Å². The number of nitrogens with zero attached hydrogens (tertiary/aromatic N) is 2. The van der Waals surface area contributed by atoms with Gasteiger partial charge >= 0.3 is 0 Å². The van der Waals surface area contributed by atoms with E-state index in [9.17, 15) is 0 Å². The fourth-order valence-corrected chi connectivity index (χ4v) is 1.75. The van der Waals surface area contributed by atoms with Crippen LogP contribution in [-0.2, 0) is 0 Å². The highest BCUT2D eigenvalue weighted by molar-refractivity contribution is 5.47. The van der Waals surface area contributed by atoms with Crippen molar-refractivity contribution >= 4 is 11.8 Å². The van der Waals surface area contributed by atoms with Gasteiger partial charge in [0, 0.05) is 24.3 Å². The summed E-state index contributed by atoms with van der Waals surface area (Å²) in [6, 6.07) is 0.457. The molecule has 0 fully saturated rings. The molecule has 0 aliphatic rings. The first-order valence-corrected chi connectivity index (χ1v) is 6.42. The second kappa shape index (κ2) is 6.42. The molecule has 0 aliphatic carbocycles. The summed E-state index contributed by atoms with van der Waals surface area (Å²) < 4.78 is 0.